The van der Waals surface area contributed by atoms with Crippen LogP contribution in [0.5, 0.6) is 0 Å². The molecular formula is C10H11BrN2O. The Morgan fingerprint density at radius 1 is 1.57 bits per heavy atom. The van der Waals surface area contributed by atoms with Crippen molar-refractivity contribution < 1.29 is 0 Å². The van der Waals surface area contributed by atoms with Crippen molar-refractivity contribution in [2.24, 2.45) is 0 Å². The third kappa shape index (κ3) is 2.46. The molecule has 0 aliphatic rings. The molecule has 0 N–H and O–H groups in total. The number of halogens is 1. The lowest BCUT2D eigenvalue weighted by molar-refractivity contribution is 0.613. The molecule has 0 fully saturated rings. The van der Waals surface area contributed by atoms with Gasteiger partial charge in [-0.15, -0.1) is 0 Å². The van der Waals surface area contributed by atoms with E-state index in [-0.39, 0.29) is 5.56 Å². The predicted molar refractivity (Wildman–Crippen MR) is 58.0 cm³/mol. The van der Waals surface area contributed by atoms with E-state index in [1.54, 1.807) is 10.6 Å². The fourth-order valence-electron chi connectivity index (χ4n) is 1.24. The molecule has 0 bridgehead atoms. The molecule has 0 saturated carbocycles. The maximum Gasteiger partial charge on any atom is 0.250 e. The Bertz CT molecular complexity index is 417. The minimum atomic E-state index is -0.0105. The van der Waals surface area contributed by atoms with Crippen molar-refractivity contribution >= 4 is 15.9 Å². The van der Waals surface area contributed by atoms with Gasteiger partial charge in [-0.1, -0.05) is 0 Å². The lowest BCUT2D eigenvalue weighted by Crippen LogP contribution is -2.21. The maximum atomic E-state index is 11.4. The summed E-state index contributed by atoms with van der Waals surface area (Å²) in [5.41, 5.74) is 0.902. The molecule has 0 spiro atoms. The highest BCUT2D eigenvalue weighted by atomic mass is 79.9. The Morgan fingerprint density at radius 2 is 2.29 bits per heavy atom. The van der Waals surface area contributed by atoms with Crippen LogP contribution >= 0.6 is 15.9 Å². The Kier molecular flexibility index (Phi) is 3.90. The van der Waals surface area contributed by atoms with Gasteiger partial charge in [0.15, 0.2) is 0 Å². The van der Waals surface area contributed by atoms with Gasteiger partial charge in [-0.05, 0) is 35.3 Å². The zero-order chi connectivity index (χ0) is 10.6. The van der Waals surface area contributed by atoms with Gasteiger partial charge in [0.05, 0.1) is 6.07 Å². The van der Waals surface area contributed by atoms with E-state index in [2.05, 4.69) is 22.0 Å². The number of nitriles is 1. The van der Waals surface area contributed by atoms with Crippen molar-refractivity contribution in [2.45, 2.75) is 26.3 Å². The monoisotopic (exact) mass is 254 g/mol. The van der Waals surface area contributed by atoms with Crippen molar-refractivity contribution in [2.75, 3.05) is 0 Å². The SMILES string of the molecule is Cc1c(Br)ccc(=O)n1CCCC#N. The van der Waals surface area contributed by atoms with E-state index in [1.165, 1.54) is 6.07 Å². The molecule has 0 saturated heterocycles. The molecule has 74 valence electrons. The van der Waals surface area contributed by atoms with Crippen LogP contribution in [0.3, 0.4) is 0 Å². The number of unbranched alkanes of at least 4 members (excludes halogenated alkanes) is 1. The number of nitrogens with zero attached hydrogens (tertiary/aromatic N) is 2. The second-order valence-corrected chi connectivity index (χ2v) is 3.87. The van der Waals surface area contributed by atoms with Gasteiger partial charge in [-0.2, -0.15) is 5.26 Å². The Morgan fingerprint density at radius 3 is 2.93 bits per heavy atom. The molecule has 0 radical (unpaired) electrons. The fourth-order valence-corrected chi connectivity index (χ4v) is 1.59. The van der Waals surface area contributed by atoms with Crippen molar-refractivity contribution in [3.8, 4) is 6.07 Å². The van der Waals surface area contributed by atoms with Gasteiger partial charge >= 0.3 is 0 Å². The van der Waals surface area contributed by atoms with Crippen molar-refractivity contribution in [1.82, 2.24) is 4.57 Å². The quantitative estimate of drug-likeness (QED) is 0.777. The second kappa shape index (κ2) is 4.97. The molecule has 0 atom stereocenters. The summed E-state index contributed by atoms with van der Waals surface area (Å²) in [5.74, 6) is 0. The van der Waals surface area contributed by atoms with E-state index < -0.39 is 0 Å². The van der Waals surface area contributed by atoms with E-state index in [1.807, 2.05) is 6.92 Å². The van der Waals surface area contributed by atoms with Gasteiger partial charge in [0.1, 0.15) is 0 Å². The lowest BCUT2D eigenvalue weighted by atomic mass is 10.3. The molecule has 1 aromatic rings. The largest absolute Gasteiger partial charge is 0.312 e. The fraction of sp³-hybridized carbons (Fsp3) is 0.400. The van der Waals surface area contributed by atoms with Crippen molar-refractivity contribution in [3.63, 3.8) is 0 Å². The van der Waals surface area contributed by atoms with Gasteiger partial charge < -0.3 is 4.57 Å². The molecule has 1 rings (SSSR count). The minimum Gasteiger partial charge on any atom is -0.312 e. The summed E-state index contributed by atoms with van der Waals surface area (Å²) in [5, 5.41) is 8.39. The third-order valence-electron chi connectivity index (χ3n) is 2.06. The van der Waals surface area contributed by atoms with Gasteiger partial charge in [-0.3, -0.25) is 4.79 Å². The predicted octanol–water partition coefficient (Wildman–Crippen LogP) is 2.22. The van der Waals surface area contributed by atoms with Crippen LogP contribution in [0, 0.1) is 18.3 Å². The highest BCUT2D eigenvalue weighted by Crippen LogP contribution is 2.12. The molecule has 0 unspecified atom stereocenters. The molecule has 0 amide bonds. The first-order valence-corrected chi connectivity index (χ1v) is 5.19. The molecule has 1 aromatic heterocycles. The molecule has 1 heterocycles. The van der Waals surface area contributed by atoms with E-state index in [0.717, 1.165) is 10.2 Å². The van der Waals surface area contributed by atoms with Gasteiger partial charge in [0, 0.05) is 29.2 Å². The first-order chi connectivity index (χ1) is 6.66. The second-order valence-electron chi connectivity index (χ2n) is 3.02. The molecule has 0 aromatic carbocycles. The zero-order valence-corrected chi connectivity index (χ0v) is 9.54. The van der Waals surface area contributed by atoms with Crippen LogP contribution in [0.4, 0.5) is 0 Å². The molecule has 0 aliphatic carbocycles. The normalized spacial score (nSPS) is 9.79. The topological polar surface area (TPSA) is 45.8 Å². The average molecular weight is 255 g/mol. The van der Waals surface area contributed by atoms with Crippen LogP contribution in [0.25, 0.3) is 0 Å². The third-order valence-corrected chi connectivity index (χ3v) is 2.90. The summed E-state index contributed by atoms with van der Waals surface area (Å²) in [6, 6.07) is 5.34. The molecule has 3 nitrogen and oxygen atoms in total. The van der Waals surface area contributed by atoms with E-state index in [9.17, 15) is 4.79 Å². The number of hydrogen-bond donors (Lipinski definition) is 0. The number of hydrogen-bond acceptors (Lipinski definition) is 2. The van der Waals surface area contributed by atoms with Gasteiger partial charge in [-0.25, -0.2) is 0 Å². The minimum absolute atomic E-state index is 0.0105. The van der Waals surface area contributed by atoms with Crippen molar-refractivity contribution in [3.05, 3.63) is 32.7 Å². The summed E-state index contributed by atoms with van der Waals surface area (Å²) < 4.78 is 2.61. The number of aromatic nitrogens is 1. The summed E-state index contributed by atoms with van der Waals surface area (Å²) >= 11 is 3.36. The van der Waals surface area contributed by atoms with Gasteiger partial charge in [0.25, 0.3) is 5.56 Å². The van der Waals surface area contributed by atoms with E-state index in [0.29, 0.717) is 19.4 Å². The Balaban J connectivity index is 2.91. The standard InChI is InChI=1S/C10H11BrN2O/c1-8-9(11)4-5-10(14)13(8)7-3-2-6-12/h4-5H,2-3,7H2,1H3. The smallest absolute Gasteiger partial charge is 0.250 e. The lowest BCUT2D eigenvalue weighted by Gasteiger charge is -2.09. The molecule has 0 aliphatic heterocycles. The van der Waals surface area contributed by atoms with Crippen molar-refractivity contribution in [1.29, 1.82) is 5.26 Å². The maximum absolute atomic E-state index is 11.4. The summed E-state index contributed by atoms with van der Waals surface area (Å²) in [4.78, 5) is 11.4. The summed E-state index contributed by atoms with van der Waals surface area (Å²) in [6.07, 6.45) is 1.20. The van der Waals surface area contributed by atoms with Crippen LogP contribution in [0.2, 0.25) is 0 Å². The van der Waals surface area contributed by atoms with Gasteiger partial charge in [0.2, 0.25) is 0 Å². The summed E-state index contributed by atoms with van der Waals surface area (Å²) in [7, 11) is 0. The molecule has 4 heteroatoms. The van der Waals surface area contributed by atoms with Crippen LogP contribution in [-0.2, 0) is 6.54 Å². The first-order valence-electron chi connectivity index (χ1n) is 4.39. The number of rotatable bonds is 3. The molecule has 14 heavy (non-hydrogen) atoms. The summed E-state index contributed by atoms with van der Waals surface area (Å²) in [6.45, 7) is 2.50. The van der Waals surface area contributed by atoms with Crippen LogP contribution in [0.1, 0.15) is 18.5 Å². The van der Waals surface area contributed by atoms with E-state index in [4.69, 9.17) is 5.26 Å². The van der Waals surface area contributed by atoms with Crippen LogP contribution in [0.15, 0.2) is 21.4 Å². The highest BCUT2D eigenvalue weighted by molar-refractivity contribution is 9.10. The van der Waals surface area contributed by atoms with Crippen LogP contribution in [-0.4, -0.2) is 4.57 Å². The zero-order valence-electron chi connectivity index (χ0n) is 7.96. The van der Waals surface area contributed by atoms with E-state index >= 15 is 0 Å². The number of pyridine rings is 1. The first kappa shape index (κ1) is 11.0. The highest BCUT2D eigenvalue weighted by Gasteiger charge is 2.02. The Labute approximate surface area is 91.1 Å². The Hall–Kier alpha value is -1.08. The molecular weight excluding hydrogens is 244 g/mol. The average Bonchev–Trinajstić information content (AvgIpc) is 2.18. The van der Waals surface area contributed by atoms with Crippen LogP contribution < -0.4 is 5.56 Å².